The summed E-state index contributed by atoms with van der Waals surface area (Å²) in [5.74, 6) is 0.853. The lowest BCUT2D eigenvalue weighted by atomic mass is 10.0. The Morgan fingerprint density at radius 3 is 3.00 bits per heavy atom. The van der Waals surface area contributed by atoms with E-state index in [1.807, 2.05) is 0 Å². The molecule has 2 N–H and O–H groups in total. The van der Waals surface area contributed by atoms with Crippen LogP contribution >= 0.6 is 11.3 Å². The van der Waals surface area contributed by atoms with Crippen LogP contribution in [0.25, 0.3) is 0 Å². The predicted octanol–water partition coefficient (Wildman–Crippen LogP) is 1.96. The van der Waals surface area contributed by atoms with Crippen molar-refractivity contribution in [2.45, 2.75) is 38.1 Å². The van der Waals surface area contributed by atoms with Gasteiger partial charge in [0.25, 0.3) is 0 Å². The minimum atomic E-state index is 0.0864. The molecule has 1 saturated carbocycles. The largest absolute Gasteiger partial charge is 0.313 e. The molecule has 2 heterocycles. The van der Waals surface area contributed by atoms with Crippen LogP contribution in [0.1, 0.15) is 37.8 Å². The molecule has 0 radical (unpaired) electrons. The minimum Gasteiger partial charge on any atom is -0.313 e. The van der Waals surface area contributed by atoms with E-state index in [-0.39, 0.29) is 17.9 Å². The molecule has 2 fully saturated rings. The van der Waals surface area contributed by atoms with Crippen molar-refractivity contribution in [3.63, 3.8) is 0 Å². The van der Waals surface area contributed by atoms with Crippen molar-refractivity contribution in [1.82, 2.24) is 10.3 Å². The number of carbonyl (C=O) groups is 1. The Morgan fingerprint density at radius 2 is 2.35 bits per heavy atom. The lowest BCUT2D eigenvalue weighted by Crippen LogP contribution is -2.32. The second kappa shape index (κ2) is 4.38. The third-order valence-corrected chi connectivity index (χ3v) is 4.39. The molecule has 1 aromatic rings. The van der Waals surface area contributed by atoms with Gasteiger partial charge in [0.1, 0.15) is 0 Å². The second-order valence-corrected chi connectivity index (χ2v) is 5.84. The normalized spacial score (nSPS) is 28.3. The van der Waals surface area contributed by atoms with E-state index in [0.717, 1.165) is 23.8 Å². The van der Waals surface area contributed by atoms with E-state index in [1.54, 1.807) is 11.3 Å². The van der Waals surface area contributed by atoms with Gasteiger partial charge in [-0.1, -0.05) is 0 Å². The van der Waals surface area contributed by atoms with E-state index in [9.17, 15) is 4.79 Å². The van der Waals surface area contributed by atoms with Gasteiger partial charge in [0.2, 0.25) is 5.91 Å². The Morgan fingerprint density at radius 1 is 1.53 bits per heavy atom. The van der Waals surface area contributed by atoms with E-state index in [4.69, 9.17) is 0 Å². The summed E-state index contributed by atoms with van der Waals surface area (Å²) in [7, 11) is 0. The number of amides is 1. The first-order valence-corrected chi connectivity index (χ1v) is 7.11. The summed E-state index contributed by atoms with van der Waals surface area (Å²) in [6.45, 7) is 3.00. The Hall–Kier alpha value is -0.940. The third-order valence-electron chi connectivity index (χ3n) is 3.61. The lowest BCUT2D eigenvalue weighted by Gasteiger charge is -2.13. The Balaban J connectivity index is 1.63. The van der Waals surface area contributed by atoms with Gasteiger partial charge in [-0.25, -0.2) is 4.98 Å². The fourth-order valence-corrected chi connectivity index (χ4v) is 3.12. The van der Waals surface area contributed by atoms with Crippen LogP contribution in [0, 0.1) is 5.92 Å². The number of anilines is 1. The third kappa shape index (κ3) is 2.35. The van der Waals surface area contributed by atoms with E-state index in [1.165, 1.54) is 12.8 Å². The van der Waals surface area contributed by atoms with E-state index < -0.39 is 0 Å². The number of nitrogens with one attached hydrogen (secondary N) is 2. The molecule has 92 valence electrons. The maximum atomic E-state index is 12.0. The first-order valence-electron chi connectivity index (χ1n) is 6.23. The molecule has 0 spiro atoms. The SMILES string of the molecule is CC1NCCC1C(=O)Nc1nc(C2CC2)cs1. The van der Waals surface area contributed by atoms with Gasteiger partial charge in [0.15, 0.2) is 5.13 Å². The summed E-state index contributed by atoms with van der Waals surface area (Å²) in [5.41, 5.74) is 1.16. The summed E-state index contributed by atoms with van der Waals surface area (Å²) in [4.78, 5) is 16.5. The van der Waals surface area contributed by atoms with Gasteiger partial charge in [-0.3, -0.25) is 4.79 Å². The number of aromatic nitrogens is 1. The van der Waals surface area contributed by atoms with Crippen LogP contribution in [-0.4, -0.2) is 23.5 Å². The van der Waals surface area contributed by atoms with Crippen LogP contribution in [-0.2, 0) is 4.79 Å². The molecule has 1 saturated heterocycles. The van der Waals surface area contributed by atoms with Crippen molar-refractivity contribution in [3.8, 4) is 0 Å². The minimum absolute atomic E-state index is 0.0864. The van der Waals surface area contributed by atoms with Crippen LogP contribution in [0.3, 0.4) is 0 Å². The molecule has 2 atom stereocenters. The summed E-state index contributed by atoms with van der Waals surface area (Å²) in [6, 6.07) is 0.276. The van der Waals surface area contributed by atoms with Crippen molar-refractivity contribution in [1.29, 1.82) is 0 Å². The molecule has 2 unspecified atom stereocenters. The molecule has 1 aromatic heterocycles. The van der Waals surface area contributed by atoms with Gasteiger partial charge < -0.3 is 10.6 Å². The van der Waals surface area contributed by atoms with Crippen LogP contribution in [0.5, 0.6) is 0 Å². The highest BCUT2D eigenvalue weighted by molar-refractivity contribution is 7.13. The number of hydrogen-bond acceptors (Lipinski definition) is 4. The van der Waals surface area contributed by atoms with E-state index in [0.29, 0.717) is 5.92 Å². The molecule has 4 nitrogen and oxygen atoms in total. The number of rotatable bonds is 3. The van der Waals surface area contributed by atoms with Crippen molar-refractivity contribution >= 4 is 22.4 Å². The van der Waals surface area contributed by atoms with E-state index >= 15 is 0 Å². The molecule has 0 bridgehead atoms. The lowest BCUT2D eigenvalue weighted by molar-refractivity contribution is -0.119. The predicted molar refractivity (Wildman–Crippen MR) is 68.3 cm³/mol. The van der Waals surface area contributed by atoms with Gasteiger partial charge in [-0.15, -0.1) is 11.3 Å². The molecule has 5 heteroatoms. The topological polar surface area (TPSA) is 54.0 Å². The number of hydrogen-bond donors (Lipinski definition) is 2. The Bertz CT molecular complexity index is 427. The summed E-state index contributed by atoms with van der Waals surface area (Å²) < 4.78 is 0. The molecule has 1 aliphatic carbocycles. The molecule has 1 aliphatic heterocycles. The summed E-state index contributed by atoms with van der Waals surface area (Å²) in [5, 5.41) is 9.07. The maximum absolute atomic E-state index is 12.0. The van der Waals surface area contributed by atoms with Gasteiger partial charge in [0.05, 0.1) is 11.6 Å². The molecule has 1 amide bonds. The molecular formula is C12H17N3OS. The van der Waals surface area contributed by atoms with Crippen LogP contribution in [0.4, 0.5) is 5.13 Å². The number of carbonyl (C=O) groups excluding carboxylic acids is 1. The number of nitrogens with zero attached hydrogens (tertiary/aromatic N) is 1. The zero-order valence-electron chi connectivity index (χ0n) is 9.90. The zero-order chi connectivity index (χ0) is 11.8. The fourth-order valence-electron chi connectivity index (χ4n) is 2.33. The van der Waals surface area contributed by atoms with Gasteiger partial charge in [0, 0.05) is 17.3 Å². The quantitative estimate of drug-likeness (QED) is 0.863. The van der Waals surface area contributed by atoms with Crippen molar-refractivity contribution in [2.75, 3.05) is 11.9 Å². The smallest absolute Gasteiger partial charge is 0.230 e. The first kappa shape index (κ1) is 11.2. The highest BCUT2D eigenvalue weighted by atomic mass is 32.1. The standard InChI is InChI=1S/C12H17N3OS/c1-7-9(4-5-13-7)11(16)15-12-14-10(6-17-12)8-2-3-8/h6-9,13H,2-5H2,1H3,(H,14,15,16). The Labute approximate surface area is 105 Å². The van der Waals surface area contributed by atoms with Crippen molar-refractivity contribution in [2.24, 2.45) is 5.92 Å². The molecule has 0 aromatic carbocycles. The molecule has 3 rings (SSSR count). The van der Waals surface area contributed by atoms with Crippen LogP contribution in [0.15, 0.2) is 5.38 Å². The highest BCUT2D eigenvalue weighted by Gasteiger charge is 2.30. The van der Waals surface area contributed by atoms with Crippen molar-refractivity contribution in [3.05, 3.63) is 11.1 Å². The molecule has 17 heavy (non-hydrogen) atoms. The molecular weight excluding hydrogens is 234 g/mol. The zero-order valence-corrected chi connectivity index (χ0v) is 10.7. The Kier molecular flexibility index (Phi) is 2.88. The van der Waals surface area contributed by atoms with Crippen LogP contribution < -0.4 is 10.6 Å². The van der Waals surface area contributed by atoms with Crippen molar-refractivity contribution < 1.29 is 4.79 Å². The fraction of sp³-hybridized carbons (Fsp3) is 0.667. The average molecular weight is 251 g/mol. The molecule has 2 aliphatic rings. The highest BCUT2D eigenvalue weighted by Crippen LogP contribution is 2.40. The summed E-state index contributed by atoms with van der Waals surface area (Å²) >= 11 is 1.54. The van der Waals surface area contributed by atoms with Crippen LogP contribution in [0.2, 0.25) is 0 Å². The first-order chi connectivity index (χ1) is 8.24. The second-order valence-electron chi connectivity index (χ2n) is 4.98. The van der Waals surface area contributed by atoms with Gasteiger partial charge >= 0.3 is 0 Å². The van der Waals surface area contributed by atoms with Gasteiger partial charge in [-0.2, -0.15) is 0 Å². The maximum Gasteiger partial charge on any atom is 0.230 e. The average Bonchev–Trinajstić information content (AvgIpc) is 2.90. The van der Waals surface area contributed by atoms with Gasteiger partial charge in [-0.05, 0) is 32.7 Å². The summed E-state index contributed by atoms with van der Waals surface area (Å²) in [6.07, 6.45) is 3.43. The number of thiazole rings is 1. The monoisotopic (exact) mass is 251 g/mol. The van der Waals surface area contributed by atoms with E-state index in [2.05, 4.69) is 27.9 Å².